The number of rotatable bonds is 2. The zero-order valence-corrected chi connectivity index (χ0v) is 26.0. The summed E-state index contributed by atoms with van der Waals surface area (Å²) in [6.45, 7) is 4.71. The number of thiophene rings is 6. The van der Waals surface area contributed by atoms with Crippen LogP contribution in [-0.2, 0) is 0 Å². The first kappa shape index (κ1) is 23.6. The summed E-state index contributed by atoms with van der Waals surface area (Å²) in [7, 11) is 0. The molecule has 6 aromatic heterocycles. The summed E-state index contributed by atoms with van der Waals surface area (Å²) >= 11 is 10.6. The van der Waals surface area contributed by atoms with Crippen LogP contribution >= 0.6 is 68.0 Å². The first-order valence-electron chi connectivity index (χ1n) is 12.8. The number of fused-ring (bicyclic) bond motifs is 8. The van der Waals surface area contributed by atoms with Crippen LogP contribution in [-0.4, -0.2) is 0 Å². The Balaban J connectivity index is 1.10. The third-order valence-corrected chi connectivity index (χ3v) is 15.4. The lowest BCUT2D eigenvalue weighted by molar-refractivity contribution is 0.946. The van der Waals surface area contributed by atoms with Crippen LogP contribution in [0.1, 0.15) is 57.7 Å². The second-order valence-corrected chi connectivity index (χ2v) is 16.8. The van der Waals surface area contributed by atoms with Crippen molar-refractivity contribution in [1.82, 2.24) is 0 Å². The van der Waals surface area contributed by atoms with E-state index in [9.17, 15) is 10.5 Å². The Kier molecular flexibility index (Phi) is 4.86. The van der Waals surface area contributed by atoms with Crippen LogP contribution in [0.5, 0.6) is 0 Å². The van der Waals surface area contributed by atoms with Gasteiger partial charge in [0.2, 0.25) is 0 Å². The fourth-order valence-electron chi connectivity index (χ4n) is 6.22. The Morgan fingerprint density at radius 2 is 0.875 bits per heavy atom. The third kappa shape index (κ3) is 3.15. The summed E-state index contributed by atoms with van der Waals surface area (Å²) in [5.74, 6) is 0.757. The molecular weight excluding hydrogens is 605 g/mol. The van der Waals surface area contributed by atoms with Gasteiger partial charge in [-0.25, -0.2) is 0 Å². The van der Waals surface area contributed by atoms with Crippen molar-refractivity contribution in [2.24, 2.45) is 0 Å². The highest BCUT2D eigenvalue weighted by atomic mass is 32.1. The zero-order chi connectivity index (χ0) is 26.9. The summed E-state index contributed by atoms with van der Waals surface area (Å²) in [6.07, 6.45) is 0. The molecule has 0 fully saturated rings. The Hall–Kier alpha value is -3.08. The van der Waals surface area contributed by atoms with Gasteiger partial charge in [-0.3, -0.25) is 0 Å². The molecule has 0 saturated carbocycles. The molecule has 2 unspecified atom stereocenters. The van der Waals surface area contributed by atoms with Gasteiger partial charge < -0.3 is 0 Å². The van der Waals surface area contributed by atoms with Crippen LogP contribution in [0.4, 0.5) is 0 Å². The molecule has 40 heavy (non-hydrogen) atoms. The minimum absolute atomic E-state index is 0.378. The molecule has 9 rings (SSSR count). The van der Waals surface area contributed by atoms with Gasteiger partial charge in [-0.05, 0) is 81.9 Å². The van der Waals surface area contributed by atoms with Crippen molar-refractivity contribution in [2.75, 3.05) is 0 Å². The minimum atomic E-state index is 0.378. The van der Waals surface area contributed by atoms with Gasteiger partial charge in [0.15, 0.2) is 0 Å². The van der Waals surface area contributed by atoms with Crippen molar-refractivity contribution in [3.63, 3.8) is 0 Å². The van der Waals surface area contributed by atoms with E-state index < -0.39 is 0 Å². The molecule has 1 aromatic carbocycles. The average molecular weight is 621 g/mol. The van der Waals surface area contributed by atoms with Crippen molar-refractivity contribution in [3.8, 4) is 52.5 Å². The molecule has 8 heteroatoms. The standard InChI is InChI=1S/C32H16N2S6/c1-13-17-5-22-18(14(2)20-8-26(40-32(20)22)30-10-28-24(38-30)4-16(12-34)36-28)6-21(17)31-19(13)7-25(39-31)29-9-27-23(37-29)3-15(11-33)35-27/h3-10,13-14H,1-2H3. The van der Waals surface area contributed by atoms with Crippen LogP contribution in [0.15, 0.2) is 48.5 Å². The second-order valence-electron chi connectivity index (χ2n) is 10.4. The Morgan fingerprint density at radius 1 is 0.475 bits per heavy atom. The Labute approximate surface area is 254 Å². The molecular formula is C32H16N2S6. The van der Waals surface area contributed by atoms with Gasteiger partial charge in [-0.15, -0.1) is 68.0 Å². The molecule has 0 bridgehead atoms. The highest BCUT2D eigenvalue weighted by molar-refractivity contribution is 7.32. The van der Waals surface area contributed by atoms with Gasteiger partial charge in [0.25, 0.3) is 0 Å². The molecule has 0 aliphatic heterocycles. The lowest BCUT2D eigenvalue weighted by atomic mass is 9.93. The van der Waals surface area contributed by atoms with Crippen molar-refractivity contribution < 1.29 is 0 Å². The maximum Gasteiger partial charge on any atom is 0.110 e. The normalized spacial score (nSPS) is 16.7. The van der Waals surface area contributed by atoms with Gasteiger partial charge in [-0.1, -0.05) is 13.8 Å². The fraction of sp³-hybridized carbons (Fsp3) is 0.125. The van der Waals surface area contributed by atoms with E-state index in [-0.39, 0.29) is 0 Å². The zero-order valence-electron chi connectivity index (χ0n) is 21.1. The average Bonchev–Trinajstić information content (AvgIpc) is 3.77. The highest BCUT2D eigenvalue weighted by Gasteiger charge is 2.35. The van der Waals surface area contributed by atoms with Crippen molar-refractivity contribution >= 4 is 86.8 Å². The molecule has 7 aromatic rings. The van der Waals surface area contributed by atoms with Gasteiger partial charge >= 0.3 is 0 Å². The molecule has 2 nitrogen and oxygen atoms in total. The minimum Gasteiger partial charge on any atom is -0.192 e. The Bertz CT molecular complexity index is 2070. The Morgan fingerprint density at radius 3 is 1.27 bits per heavy atom. The van der Waals surface area contributed by atoms with Gasteiger partial charge in [0.05, 0.1) is 0 Å². The van der Waals surface area contributed by atoms with Crippen LogP contribution in [0, 0.1) is 22.7 Å². The van der Waals surface area contributed by atoms with Crippen molar-refractivity contribution in [3.05, 3.63) is 80.5 Å². The first-order valence-corrected chi connectivity index (χ1v) is 17.7. The van der Waals surface area contributed by atoms with Crippen LogP contribution < -0.4 is 0 Å². The third-order valence-electron chi connectivity index (χ3n) is 8.22. The van der Waals surface area contributed by atoms with Gasteiger partial charge in [0, 0.05) is 59.9 Å². The van der Waals surface area contributed by atoms with E-state index in [1.165, 1.54) is 81.4 Å². The summed E-state index contributed by atoms with van der Waals surface area (Å²) < 4.78 is 4.85. The summed E-state index contributed by atoms with van der Waals surface area (Å²) in [6, 6.07) is 22.9. The quantitative estimate of drug-likeness (QED) is 0.193. The van der Waals surface area contributed by atoms with E-state index in [4.69, 9.17) is 0 Å². The van der Waals surface area contributed by atoms with Crippen LogP contribution in [0.25, 0.3) is 59.2 Å². The predicted molar refractivity (Wildman–Crippen MR) is 175 cm³/mol. The first-order chi connectivity index (χ1) is 19.5. The van der Waals surface area contributed by atoms with E-state index in [2.05, 4.69) is 62.4 Å². The van der Waals surface area contributed by atoms with Gasteiger partial charge in [-0.2, -0.15) is 10.5 Å². The summed E-state index contributed by atoms with van der Waals surface area (Å²) in [5, 5.41) is 18.5. The SMILES string of the molecule is CC1c2cc3c(cc2-c2sc(-c4cc5sc(C#N)cc5s4)cc21)C(C)c1cc(-c2cc4sc(C#N)cc4s2)sc1-3. The number of nitrogens with zero attached hydrogens (tertiary/aromatic N) is 2. The summed E-state index contributed by atoms with van der Waals surface area (Å²) in [4.78, 5) is 9.71. The van der Waals surface area contributed by atoms with Crippen LogP contribution in [0.2, 0.25) is 0 Å². The largest absolute Gasteiger partial charge is 0.192 e. The molecule has 0 spiro atoms. The fourth-order valence-corrected chi connectivity index (χ4v) is 13.3. The van der Waals surface area contributed by atoms with Crippen LogP contribution in [0.3, 0.4) is 0 Å². The number of benzene rings is 1. The predicted octanol–water partition coefficient (Wildman–Crippen LogP) is 11.7. The monoisotopic (exact) mass is 620 g/mol. The second kappa shape index (κ2) is 8.24. The smallest absolute Gasteiger partial charge is 0.110 e. The lowest BCUT2D eigenvalue weighted by Gasteiger charge is -2.12. The molecule has 6 heterocycles. The van der Waals surface area contributed by atoms with Crippen molar-refractivity contribution in [2.45, 2.75) is 25.7 Å². The molecule has 2 aliphatic carbocycles. The van der Waals surface area contributed by atoms with E-state index in [1.807, 2.05) is 34.8 Å². The van der Waals surface area contributed by atoms with E-state index in [0.717, 1.165) is 9.75 Å². The number of hydrogen-bond acceptors (Lipinski definition) is 8. The molecule has 0 N–H and O–H groups in total. The lowest BCUT2D eigenvalue weighted by Crippen LogP contribution is -1.93. The topological polar surface area (TPSA) is 47.6 Å². The maximum absolute atomic E-state index is 9.23. The molecule has 0 radical (unpaired) electrons. The maximum atomic E-state index is 9.23. The molecule has 0 amide bonds. The highest BCUT2D eigenvalue weighted by Crippen LogP contribution is 2.58. The van der Waals surface area contributed by atoms with Crippen molar-refractivity contribution in [1.29, 1.82) is 10.5 Å². The number of nitriles is 2. The summed E-state index contributed by atoms with van der Waals surface area (Å²) in [5.41, 5.74) is 8.63. The van der Waals surface area contributed by atoms with E-state index in [0.29, 0.717) is 11.8 Å². The van der Waals surface area contributed by atoms with E-state index >= 15 is 0 Å². The number of hydrogen-bond donors (Lipinski definition) is 0. The van der Waals surface area contributed by atoms with Gasteiger partial charge in [0.1, 0.15) is 21.9 Å². The molecule has 2 aliphatic rings. The molecule has 0 saturated heterocycles. The van der Waals surface area contributed by atoms with E-state index in [1.54, 1.807) is 45.3 Å². The molecule has 2 atom stereocenters. The molecule has 190 valence electrons.